The minimum atomic E-state index is -0.406. The number of rotatable bonds is 11. The van der Waals surface area contributed by atoms with E-state index in [4.69, 9.17) is 9.47 Å². The second-order valence-electron chi connectivity index (χ2n) is 8.64. The molecule has 1 heterocycles. The maximum absolute atomic E-state index is 13.8. The Morgan fingerprint density at radius 3 is 2.24 bits per heavy atom. The van der Waals surface area contributed by atoms with Gasteiger partial charge in [-0.2, -0.15) is 0 Å². The van der Waals surface area contributed by atoms with E-state index >= 15 is 0 Å². The minimum Gasteiger partial charge on any atom is -0.457 e. The second-order valence-corrected chi connectivity index (χ2v) is 8.64. The van der Waals surface area contributed by atoms with Crippen LogP contribution in [0.15, 0.2) is 72.8 Å². The second kappa shape index (κ2) is 12.6. The number of ether oxygens (including phenoxy) is 2. The lowest BCUT2D eigenvalue weighted by atomic mass is 10.1. The van der Waals surface area contributed by atoms with E-state index < -0.39 is 11.6 Å². The molecular formula is C28H32F2N2O2. The van der Waals surface area contributed by atoms with Crippen LogP contribution >= 0.6 is 0 Å². The zero-order valence-electron chi connectivity index (χ0n) is 19.5. The van der Waals surface area contributed by atoms with Gasteiger partial charge in [-0.15, -0.1) is 0 Å². The van der Waals surface area contributed by atoms with E-state index in [1.54, 1.807) is 18.2 Å². The number of aryl methyl sites for hydroxylation is 1. The van der Waals surface area contributed by atoms with Crippen molar-refractivity contribution in [2.75, 3.05) is 45.9 Å². The Bertz CT molecular complexity index is 1020. The van der Waals surface area contributed by atoms with E-state index in [-0.39, 0.29) is 0 Å². The number of piperazine rings is 1. The van der Waals surface area contributed by atoms with Gasteiger partial charge in [-0.1, -0.05) is 42.5 Å². The van der Waals surface area contributed by atoms with E-state index in [0.717, 1.165) is 51.3 Å². The zero-order valence-corrected chi connectivity index (χ0v) is 19.5. The molecule has 0 amide bonds. The van der Waals surface area contributed by atoms with Gasteiger partial charge in [0.2, 0.25) is 0 Å². The Labute approximate surface area is 200 Å². The van der Waals surface area contributed by atoms with E-state index in [1.807, 2.05) is 0 Å². The normalized spacial score (nSPS) is 14.9. The van der Waals surface area contributed by atoms with Crippen LogP contribution in [0.5, 0.6) is 11.5 Å². The Kier molecular flexibility index (Phi) is 9.02. The Morgan fingerprint density at radius 1 is 0.735 bits per heavy atom. The fourth-order valence-electron chi connectivity index (χ4n) is 4.16. The highest BCUT2D eigenvalue weighted by molar-refractivity contribution is 5.38. The summed E-state index contributed by atoms with van der Waals surface area (Å²) in [5, 5.41) is 0. The molecule has 4 nitrogen and oxygen atoms in total. The van der Waals surface area contributed by atoms with Gasteiger partial charge < -0.3 is 14.4 Å². The molecule has 0 spiro atoms. The largest absolute Gasteiger partial charge is 0.457 e. The summed E-state index contributed by atoms with van der Waals surface area (Å²) in [5.41, 5.74) is 2.14. The minimum absolute atomic E-state index is 0.310. The third-order valence-electron chi connectivity index (χ3n) is 6.11. The molecule has 0 unspecified atom stereocenters. The first-order valence-corrected chi connectivity index (χ1v) is 11.9. The molecule has 0 N–H and O–H groups in total. The molecular weight excluding hydrogens is 434 g/mol. The molecule has 3 aromatic carbocycles. The van der Waals surface area contributed by atoms with Gasteiger partial charge in [-0.05, 0) is 43.1 Å². The van der Waals surface area contributed by atoms with Gasteiger partial charge >= 0.3 is 0 Å². The van der Waals surface area contributed by atoms with Crippen LogP contribution in [0, 0.1) is 11.6 Å². The van der Waals surface area contributed by atoms with Gasteiger partial charge in [0.1, 0.15) is 23.1 Å². The Hall–Kier alpha value is -2.80. The fraction of sp³-hybridized carbons (Fsp3) is 0.357. The predicted molar refractivity (Wildman–Crippen MR) is 130 cm³/mol. The van der Waals surface area contributed by atoms with Crippen LogP contribution in [-0.4, -0.2) is 55.7 Å². The summed E-state index contributed by atoms with van der Waals surface area (Å²) < 4.78 is 38.8. The molecule has 6 heteroatoms. The van der Waals surface area contributed by atoms with Gasteiger partial charge in [0, 0.05) is 50.4 Å². The topological polar surface area (TPSA) is 24.9 Å². The van der Waals surface area contributed by atoms with E-state index in [9.17, 15) is 8.78 Å². The Morgan fingerprint density at radius 2 is 1.47 bits per heavy atom. The average molecular weight is 467 g/mol. The van der Waals surface area contributed by atoms with Crippen LogP contribution in [0.3, 0.4) is 0 Å². The molecule has 0 aliphatic carbocycles. The summed E-state index contributed by atoms with van der Waals surface area (Å²) in [6, 6.07) is 20.8. The molecule has 1 aliphatic rings. The van der Waals surface area contributed by atoms with Crippen LogP contribution < -0.4 is 4.74 Å². The van der Waals surface area contributed by atoms with Gasteiger partial charge in [0.15, 0.2) is 0 Å². The van der Waals surface area contributed by atoms with Crippen molar-refractivity contribution in [3.05, 3.63) is 95.6 Å². The smallest absolute Gasteiger partial charge is 0.135 e. The summed E-state index contributed by atoms with van der Waals surface area (Å²) in [6.45, 7) is 7.14. The first kappa shape index (κ1) is 24.3. The third-order valence-corrected chi connectivity index (χ3v) is 6.11. The first-order chi connectivity index (χ1) is 16.7. The molecule has 180 valence electrons. The molecule has 3 aromatic rings. The Balaban J connectivity index is 1.15. The van der Waals surface area contributed by atoms with Gasteiger partial charge in [-0.25, -0.2) is 8.78 Å². The number of nitrogens with zero attached hydrogens (tertiary/aromatic N) is 2. The van der Waals surface area contributed by atoms with Crippen LogP contribution in [0.4, 0.5) is 8.78 Å². The van der Waals surface area contributed by atoms with Crippen LogP contribution in [0.1, 0.15) is 17.5 Å². The lowest BCUT2D eigenvalue weighted by Gasteiger charge is -2.34. The van der Waals surface area contributed by atoms with Crippen molar-refractivity contribution >= 4 is 0 Å². The quantitative estimate of drug-likeness (QED) is 0.347. The van der Waals surface area contributed by atoms with Crippen molar-refractivity contribution in [3.63, 3.8) is 0 Å². The first-order valence-electron chi connectivity index (χ1n) is 11.9. The highest BCUT2D eigenvalue weighted by Gasteiger charge is 2.16. The fourth-order valence-corrected chi connectivity index (χ4v) is 4.16. The summed E-state index contributed by atoms with van der Waals surface area (Å²) in [5.74, 6) is -0.136. The van der Waals surface area contributed by atoms with Crippen molar-refractivity contribution in [2.24, 2.45) is 0 Å². The van der Waals surface area contributed by atoms with Crippen LogP contribution in [-0.2, 0) is 17.8 Å². The molecule has 34 heavy (non-hydrogen) atoms. The molecule has 1 saturated heterocycles. The number of benzene rings is 3. The van der Waals surface area contributed by atoms with Crippen LogP contribution in [0.25, 0.3) is 0 Å². The summed E-state index contributed by atoms with van der Waals surface area (Å²) in [4.78, 5) is 4.96. The maximum Gasteiger partial charge on any atom is 0.135 e. The molecule has 0 saturated carbocycles. The summed E-state index contributed by atoms with van der Waals surface area (Å²) in [6.07, 6.45) is 2.31. The van der Waals surface area contributed by atoms with Gasteiger partial charge in [0.05, 0.1) is 13.2 Å². The molecule has 0 bridgehead atoms. The van der Waals surface area contributed by atoms with Gasteiger partial charge in [0.25, 0.3) is 0 Å². The molecule has 0 atom stereocenters. The van der Waals surface area contributed by atoms with Crippen molar-refractivity contribution < 1.29 is 18.3 Å². The van der Waals surface area contributed by atoms with E-state index in [2.05, 4.69) is 40.1 Å². The SMILES string of the molecule is Fc1cccc(Oc2cc(F)ccc2COCCN2CCN(CCCc3ccccc3)CC2)c1. The maximum atomic E-state index is 13.8. The monoisotopic (exact) mass is 466 g/mol. The summed E-state index contributed by atoms with van der Waals surface area (Å²) >= 11 is 0. The van der Waals surface area contributed by atoms with Crippen LogP contribution in [0.2, 0.25) is 0 Å². The van der Waals surface area contributed by atoms with Crippen molar-refractivity contribution in [2.45, 2.75) is 19.4 Å². The van der Waals surface area contributed by atoms with E-state index in [0.29, 0.717) is 24.7 Å². The third kappa shape index (κ3) is 7.62. The standard InChI is InChI=1S/C28H32F2N2O2/c29-25-9-4-10-27(20-25)34-28-21-26(30)12-11-24(28)22-33-19-18-32-16-14-31(15-17-32)13-5-8-23-6-2-1-3-7-23/h1-4,6-7,9-12,20-21H,5,8,13-19,22H2. The molecule has 0 aromatic heterocycles. The lowest BCUT2D eigenvalue weighted by molar-refractivity contribution is 0.0676. The highest BCUT2D eigenvalue weighted by atomic mass is 19.1. The predicted octanol–water partition coefficient (Wildman–Crippen LogP) is 5.52. The van der Waals surface area contributed by atoms with Crippen molar-refractivity contribution in [3.8, 4) is 11.5 Å². The lowest BCUT2D eigenvalue weighted by Crippen LogP contribution is -2.47. The van der Waals surface area contributed by atoms with E-state index in [1.165, 1.54) is 36.2 Å². The number of hydrogen-bond acceptors (Lipinski definition) is 4. The molecule has 1 fully saturated rings. The molecule has 1 aliphatic heterocycles. The zero-order chi connectivity index (χ0) is 23.6. The van der Waals surface area contributed by atoms with Gasteiger partial charge in [-0.3, -0.25) is 4.90 Å². The number of halogens is 2. The molecule has 0 radical (unpaired) electrons. The highest BCUT2D eigenvalue weighted by Crippen LogP contribution is 2.27. The number of hydrogen-bond donors (Lipinski definition) is 0. The molecule has 4 rings (SSSR count). The summed E-state index contributed by atoms with van der Waals surface area (Å²) in [7, 11) is 0. The van der Waals surface area contributed by atoms with Crippen molar-refractivity contribution in [1.82, 2.24) is 9.80 Å². The average Bonchev–Trinajstić information content (AvgIpc) is 2.85. The van der Waals surface area contributed by atoms with Crippen molar-refractivity contribution in [1.29, 1.82) is 0 Å².